The molecule has 0 spiro atoms. The lowest BCUT2D eigenvalue weighted by atomic mass is 9.97. The van der Waals surface area contributed by atoms with E-state index in [-0.39, 0.29) is 23.1 Å². The van der Waals surface area contributed by atoms with Gasteiger partial charge in [-0.25, -0.2) is 0 Å². The Bertz CT molecular complexity index is 689. The maximum atomic E-state index is 12.5. The van der Waals surface area contributed by atoms with Crippen LogP contribution in [0.4, 0.5) is 4.79 Å². The Morgan fingerprint density at radius 1 is 1.32 bits per heavy atom. The summed E-state index contributed by atoms with van der Waals surface area (Å²) in [6, 6.07) is 6.88. The van der Waals surface area contributed by atoms with Crippen molar-refractivity contribution in [2.24, 2.45) is 5.41 Å². The molecule has 2 amide bonds. The molecule has 0 aromatic heterocycles. The number of para-hydroxylation sites is 1. The number of esters is 1. The van der Waals surface area contributed by atoms with Crippen LogP contribution in [0.5, 0.6) is 5.75 Å². The van der Waals surface area contributed by atoms with Crippen molar-refractivity contribution < 1.29 is 19.1 Å². The third kappa shape index (κ3) is 4.36. The summed E-state index contributed by atoms with van der Waals surface area (Å²) in [5, 5.41) is -0.737. The van der Waals surface area contributed by atoms with Gasteiger partial charge >= 0.3 is 5.97 Å². The predicted molar refractivity (Wildman–Crippen MR) is 99.0 cm³/mol. The lowest BCUT2D eigenvalue weighted by molar-refractivity contribution is -0.142. The number of ether oxygens (including phenoxy) is 1. The average molecular weight is 384 g/mol. The minimum atomic E-state index is -0.809. The molecular weight excluding hydrogens is 362 g/mol. The Morgan fingerprint density at radius 2 is 1.96 bits per heavy atom. The van der Waals surface area contributed by atoms with E-state index in [2.05, 4.69) is 0 Å². The third-order valence-corrected chi connectivity index (χ3v) is 5.66. The first-order valence-corrected chi connectivity index (χ1v) is 9.48. The van der Waals surface area contributed by atoms with Crippen LogP contribution in [0.15, 0.2) is 24.3 Å². The third-order valence-electron chi connectivity index (χ3n) is 3.94. The van der Waals surface area contributed by atoms with Gasteiger partial charge in [0.15, 0.2) is 0 Å². The number of imide groups is 1. The van der Waals surface area contributed by atoms with Crippen molar-refractivity contribution in [3.63, 3.8) is 0 Å². The molecule has 2 rings (SSSR count). The minimum Gasteiger partial charge on any atom is -0.426 e. The Labute approximate surface area is 157 Å². The van der Waals surface area contributed by atoms with Crippen molar-refractivity contribution in [3.05, 3.63) is 29.8 Å². The summed E-state index contributed by atoms with van der Waals surface area (Å²) in [4.78, 5) is 38.0. The van der Waals surface area contributed by atoms with Gasteiger partial charge in [-0.05, 0) is 45.7 Å². The molecule has 0 bridgehead atoms. The number of rotatable bonds is 6. The zero-order valence-electron chi connectivity index (χ0n) is 14.7. The van der Waals surface area contributed by atoms with Crippen molar-refractivity contribution >= 4 is 40.5 Å². The van der Waals surface area contributed by atoms with E-state index in [0.29, 0.717) is 17.7 Å². The molecule has 7 heteroatoms. The van der Waals surface area contributed by atoms with Gasteiger partial charge in [0.05, 0.1) is 10.7 Å². The summed E-state index contributed by atoms with van der Waals surface area (Å²) in [7, 11) is 0. The molecule has 5 nitrogen and oxygen atoms in total. The molecule has 1 aromatic carbocycles. The Kier molecular flexibility index (Phi) is 6.16. The number of carbonyl (C=O) groups is 3. The average Bonchev–Trinajstić information content (AvgIpc) is 2.83. The van der Waals surface area contributed by atoms with Gasteiger partial charge in [0.1, 0.15) is 5.75 Å². The molecule has 0 saturated carbocycles. The smallest absolute Gasteiger partial charge is 0.318 e. The number of benzene rings is 1. The van der Waals surface area contributed by atoms with Crippen LogP contribution in [-0.4, -0.2) is 39.2 Å². The first kappa shape index (κ1) is 19.8. The zero-order chi connectivity index (χ0) is 18.8. The highest BCUT2D eigenvalue weighted by molar-refractivity contribution is 8.15. The fourth-order valence-corrected chi connectivity index (χ4v) is 3.58. The van der Waals surface area contributed by atoms with Crippen LogP contribution in [0.25, 0.3) is 0 Å². The van der Waals surface area contributed by atoms with Gasteiger partial charge < -0.3 is 4.74 Å². The summed E-state index contributed by atoms with van der Waals surface area (Å²) in [6.07, 6.45) is 0.323. The van der Waals surface area contributed by atoms with Crippen molar-refractivity contribution in [2.75, 3.05) is 5.88 Å². The zero-order valence-corrected chi connectivity index (χ0v) is 16.3. The Morgan fingerprint density at radius 3 is 2.52 bits per heavy atom. The number of thioether (sulfide) groups is 1. The lowest BCUT2D eigenvalue weighted by Gasteiger charge is -2.21. The van der Waals surface area contributed by atoms with Crippen LogP contribution in [0.3, 0.4) is 0 Å². The fraction of sp³-hybridized carbons (Fsp3) is 0.500. The van der Waals surface area contributed by atoms with E-state index in [4.69, 9.17) is 16.3 Å². The molecule has 0 N–H and O–H groups in total. The van der Waals surface area contributed by atoms with Gasteiger partial charge in [-0.2, -0.15) is 0 Å². The summed E-state index contributed by atoms with van der Waals surface area (Å²) >= 11 is 6.84. The van der Waals surface area contributed by atoms with Crippen LogP contribution in [0, 0.1) is 5.41 Å². The first-order valence-electron chi connectivity index (χ1n) is 8.07. The van der Waals surface area contributed by atoms with E-state index in [1.54, 1.807) is 32.0 Å². The number of carbonyl (C=O) groups excluding carboxylic acids is 3. The molecule has 1 unspecified atom stereocenters. The second-order valence-corrected chi connectivity index (χ2v) is 8.31. The van der Waals surface area contributed by atoms with Crippen LogP contribution in [-0.2, 0) is 16.0 Å². The minimum absolute atomic E-state index is 0.142. The van der Waals surface area contributed by atoms with Gasteiger partial charge in [0.2, 0.25) is 5.91 Å². The SMILES string of the molecule is CC(C)N1C(=O)SC(Cc2ccccc2OC(=O)C(C)(C)CCl)C1=O. The number of hydrogen-bond acceptors (Lipinski definition) is 5. The largest absolute Gasteiger partial charge is 0.426 e. The van der Waals surface area contributed by atoms with E-state index in [0.717, 1.165) is 11.8 Å². The van der Waals surface area contributed by atoms with Crippen LogP contribution < -0.4 is 4.74 Å². The van der Waals surface area contributed by atoms with Crippen LogP contribution in [0.1, 0.15) is 33.3 Å². The molecule has 1 saturated heterocycles. The van der Waals surface area contributed by atoms with E-state index in [9.17, 15) is 14.4 Å². The quantitative estimate of drug-likeness (QED) is 0.424. The summed E-state index contributed by atoms with van der Waals surface area (Å²) in [6.45, 7) is 7.03. The molecule has 1 heterocycles. The molecule has 136 valence electrons. The predicted octanol–water partition coefficient (Wildman–Crippen LogP) is 3.87. The van der Waals surface area contributed by atoms with Crippen molar-refractivity contribution in [2.45, 2.75) is 45.4 Å². The van der Waals surface area contributed by atoms with Crippen molar-refractivity contribution in [1.82, 2.24) is 4.90 Å². The number of halogens is 1. The Hall–Kier alpha value is -1.53. The monoisotopic (exact) mass is 383 g/mol. The molecule has 1 aliphatic rings. The number of hydrogen-bond donors (Lipinski definition) is 0. The standard InChI is InChI=1S/C18H22ClNO4S/c1-11(2)20-15(21)14(25-17(20)23)9-12-7-5-6-8-13(12)24-16(22)18(3,4)10-19/h5-8,11,14H,9-10H2,1-4H3. The molecule has 1 fully saturated rings. The molecule has 25 heavy (non-hydrogen) atoms. The number of nitrogens with zero attached hydrogens (tertiary/aromatic N) is 1. The van der Waals surface area contributed by atoms with E-state index >= 15 is 0 Å². The van der Waals surface area contributed by atoms with Crippen molar-refractivity contribution in [1.29, 1.82) is 0 Å². The molecular formula is C18H22ClNO4S. The van der Waals surface area contributed by atoms with E-state index in [1.165, 1.54) is 4.90 Å². The van der Waals surface area contributed by atoms with Gasteiger partial charge in [0.25, 0.3) is 5.24 Å². The highest BCUT2D eigenvalue weighted by atomic mass is 35.5. The Balaban J connectivity index is 2.18. The van der Waals surface area contributed by atoms with Gasteiger partial charge in [-0.3, -0.25) is 19.3 Å². The normalized spacial score (nSPS) is 18.2. The second-order valence-electron chi connectivity index (χ2n) is 6.89. The maximum absolute atomic E-state index is 12.5. The highest BCUT2D eigenvalue weighted by Gasteiger charge is 2.41. The molecule has 1 aromatic rings. The van der Waals surface area contributed by atoms with Gasteiger partial charge in [-0.1, -0.05) is 30.0 Å². The lowest BCUT2D eigenvalue weighted by Crippen LogP contribution is -2.37. The molecule has 0 radical (unpaired) electrons. The van der Waals surface area contributed by atoms with E-state index < -0.39 is 16.6 Å². The maximum Gasteiger partial charge on any atom is 0.318 e. The second kappa shape index (κ2) is 7.79. The van der Waals surface area contributed by atoms with Crippen LogP contribution in [0.2, 0.25) is 0 Å². The summed E-state index contributed by atoms with van der Waals surface area (Å²) in [5.41, 5.74) is -0.0951. The first-order chi connectivity index (χ1) is 11.7. The molecule has 0 aliphatic carbocycles. The van der Waals surface area contributed by atoms with Gasteiger partial charge in [-0.15, -0.1) is 11.6 Å². The van der Waals surface area contributed by atoms with Gasteiger partial charge in [0, 0.05) is 11.9 Å². The van der Waals surface area contributed by atoms with Crippen molar-refractivity contribution in [3.8, 4) is 5.75 Å². The number of alkyl halides is 1. The molecule has 1 aliphatic heterocycles. The summed E-state index contributed by atoms with van der Waals surface area (Å²) in [5.74, 6) is -0.0926. The highest BCUT2D eigenvalue weighted by Crippen LogP contribution is 2.33. The number of amides is 2. The topological polar surface area (TPSA) is 63.7 Å². The molecule has 1 atom stereocenters. The fourth-order valence-electron chi connectivity index (χ4n) is 2.33. The summed E-state index contributed by atoms with van der Waals surface area (Å²) < 4.78 is 5.51. The van der Waals surface area contributed by atoms with Crippen LogP contribution >= 0.6 is 23.4 Å². The van der Waals surface area contributed by atoms with E-state index in [1.807, 2.05) is 19.9 Å².